The van der Waals surface area contributed by atoms with Crippen LogP contribution in [0.5, 0.6) is 0 Å². The Morgan fingerprint density at radius 2 is 2.29 bits per heavy atom. The average Bonchev–Trinajstić information content (AvgIpc) is 3.11. The van der Waals surface area contributed by atoms with Gasteiger partial charge in [0.1, 0.15) is 10.8 Å². The lowest BCUT2D eigenvalue weighted by Crippen LogP contribution is -2.27. The van der Waals surface area contributed by atoms with E-state index in [0.29, 0.717) is 5.56 Å². The van der Waals surface area contributed by atoms with Crippen molar-refractivity contribution in [3.05, 3.63) is 46.9 Å². The molecule has 2 aromatic rings. The monoisotopic (exact) mass is 305 g/mol. The highest BCUT2D eigenvalue weighted by atomic mass is 32.1. The highest BCUT2D eigenvalue weighted by molar-refractivity contribution is 7.10. The third-order valence-corrected chi connectivity index (χ3v) is 4.66. The minimum Gasteiger partial charge on any atom is -0.378 e. The standard InChI is InChI=1S/C15H16FN3OS/c1-8-13(15(17-2)21-19-8)14(20)18-12-7-11(12)9-4-3-5-10(16)6-9/h3-6,11-12,17H,7H2,1-2H3,(H,18,20)/t11-,12-/m1/s1. The summed E-state index contributed by atoms with van der Waals surface area (Å²) < 4.78 is 17.4. The molecule has 0 spiro atoms. The highest BCUT2D eigenvalue weighted by Crippen LogP contribution is 2.41. The number of halogens is 1. The summed E-state index contributed by atoms with van der Waals surface area (Å²) in [5.41, 5.74) is 2.27. The number of aryl methyl sites for hydroxylation is 1. The van der Waals surface area contributed by atoms with E-state index in [2.05, 4.69) is 15.0 Å². The number of nitrogens with one attached hydrogen (secondary N) is 2. The van der Waals surface area contributed by atoms with Crippen LogP contribution in [0, 0.1) is 12.7 Å². The lowest BCUT2D eigenvalue weighted by atomic mass is 10.1. The second kappa shape index (κ2) is 5.44. The van der Waals surface area contributed by atoms with Crippen LogP contribution in [-0.2, 0) is 0 Å². The van der Waals surface area contributed by atoms with E-state index in [1.165, 1.54) is 23.7 Å². The van der Waals surface area contributed by atoms with Gasteiger partial charge in [0, 0.05) is 19.0 Å². The predicted molar refractivity (Wildman–Crippen MR) is 81.4 cm³/mol. The first-order valence-corrected chi connectivity index (χ1v) is 7.58. The Labute approximate surface area is 126 Å². The van der Waals surface area contributed by atoms with Crippen LogP contribution in [-0.4, -0.2) is 23.4 Å². The maximum atomic E-state index is 13.2. The number of rotatable bonds is 4. The SMILES string of the molecule is CNc1snc(C)c1C(=O)N[C@@H]1C[C@@H]1c1cccc(F)c1. The van der Waals surface area contributed by atoms with Gasteiger partial charge >= 0.3 is 0 Å². The smallest absolute Gasteiger partial charge is 0.256 e. The lowest BCUT2D eigenvalue weighted by Gasteiger charge is -2.06. The summed E-state index contributed by atoms with van der Waals surface area (Å²) >= 11 is 1.28. The van der Waals surface area contributed by atoms with Gasteiger partial charge in [-0.05, 0) is 42.6 Å². The molecular weight excluding hydrogens is 289 g/mol. The minimum absolute atomic E-state index is 0.0725. The van der Waals surface area contributed by atoms with E-state index >= 15 is 0 Å². The number of carbonyl (C=O) groups is 1. The zero-order valence-electron chi connectivity index (χ0n) is 11.8. The number of aromatic nitrogens is 1. The van der Waals surface area contributed by atoms with Crippen LogP contribution in [0.3, 0.4) is 0 Å². The van der Waals surface area contributed by atoms with Gasteiger partial charge in [0.25, 0.3) is 5.91 Å². The van der Waals surface area contributed by atoms with E-state index in [9.17, 15) is 9.18 Å². The molecule has 1 amide bonds. The maximum absolute atomic E-state index is 13.2. The average molecular weight is 305 g/mol. The van der Waals surface area contributed by atoms with Gasteiger partial charge in [0.2, 0.25) is 0 Å². The van der Waals surface area contributed by atoms with Gasteiger partial charge in [0.15, 0.2) is 0 Å². The molecule has 0 saturated heterocycles. The van der Waals surface area contributed by atoms with Gasteiger partial charge in [0.05, 0.1) is 11.3 Å². The molecule has 3 rings (SSSR count). The van der Waals surface area contributed by atoms with Crippen molar-refractivity contribution < 1.29 is 9.18 Å². The molecule has 1 heterocycles. The van der Waals surface area contributed by atoms with Crippen LogP contribution in [0.2, 0.25) is 0 Å². The minimum atomic E-state index is -0.236. The van der Waals surface area contributed by atoms with Crippen molar-refractivity contribution in [2.24, 2.45) is 0 Å². The first kappa shape index (κ1) is 14.0. The Balaban J connectivity index is 1.69. The zero-order valence-corrected chi connectivity index (χ0v) is 12.6. The van der Waals surface area contributed by atoms with Crippen molar-refractivity contribution in [2.75, 3.05) is 12.4 Å². The summed E-state index contributed by atoms with van der Waals surface area (Å²) in [6.07, 6.45) is 0.848. The summed E-state index contributed by atoms with van der Waals surface area (Å²) in [5.74, 6) is -0.149. The Kier molecular flexibility index (Phi) is 3.63. The van der Waals surface area contributed by atoms with Crippen LogP contribution < -0.4 is 10.6 Å². The number of nitrogens with zero attached hydrogens (tertiary/aromatic N) is 1. The van der Waals surface area contributed by atoms with Crippen molar-refractivity contribution in [3.63, 3.8) is 0 Å². The summed E-state index contributed by atoms with van der Waals surface area (Å²) in [5, 5.41) is 6.76. The van der Waals surface area contributed by atoms with Gasteiger partial charge in [-0.3, -0.25) is 4.79 Å². The second-order valence-corrected chi connectivity index (χ2v) is 5.97. The molecule has 0 unspecified atom stereocenters. The van der Waals surface area contributed by atoms with Crippen molar-refractivity contribution in [3.8, 4) is 0 Å². The molecule has 1 fully saturated rings. The van der Waals surface area contributed by atoms with Crippen LogP contribution in [0.1, 0.15) is 34.0 Å². The van der Waals surface area contributed by atoms with Crippen molar-refractivity contribution in [1.29, 1.82) is 0 Å². The topological polar surface area (TPSA) is 54.0 Å². The molecule has 110 valence electrons. The molecule has 21 heavy (non-hydrogen) atoms. The first-order valence-electron chi connectivity index (χ1n) is 6.80. The molecule has 1 aliphatic carbocycles. The van der Waals surface area contributed by atoms with Crippen LogP contribution >= 0.6 is 11.5 Å². The number of amides is 1. The number of hydrogen-bond acceptors (Lipinski definition) is 4. The third-order valence-electron chi connectivity index (χ3n) is 3.70. The molecule has 0 aliphatic heterocycles. The van der Waals surface area contributed by atoms with Crippen molar-refractivity contribution in [2.45, 2.75) is 25.3 Å². The van der Waals surface area contributed by atoms with Gasteiger partial charge in [-0.2, -0.15) is 4.37 Å². The molecule has 0 bridgehead atoms. The molecular formula is C15H16FN3OS. The molecule has 2 atom stereocenters. The van der Waals surface area contributed by atoms with E-state index in [1.54, 1.807) is 13.1 Å². The lowest BCUT2D eigenvalue weighted by molar-refractivity contribution is 0.0950. The van der Waals surface area contributed by atoms with E-state index in [1.807, 2.05) is 13.0 Å². The molecule has 0 radical (unpaired) electrons. The fourth-order valence-electron chi connectivity index (χ4n) is 2.51. The fraction of sp³-hybridized carbons (Fsp3) is 0.333. The fourth-order valence-corrected chi connectivity index (χ4v) is 3.25. The largest absolute Gasteiger partial charge is 0.378 e. The van der Waals surface area contributed by atoms with Crippen molar-refractivity contribution in [1.82, 2.24) is 9.69 Å². The van der Waals surface area contributed by atoms with Gasteiger partial charge in [-0.25, -0.2) is 4.39 Å². The Bertz CT molecular complexity index is 685. The van der Waals surface area contributed by atoms with Crippen molar-refractivity contribution >= 4 is 22.4 Å². The number of hydrogen-bond donors (Lipinski definition) is 2. The summed E-state index contributed by atoms with van der Waals surface area (Å²) in [6.45, 7) is 1.82. The van der Waals surface area contributed by atoms with Crippen LogP contribution in [0.15, 0.2) is 24.3 Å². The Morgan fingerprint density at radius 3 is 3.00 bits per heavy atom. The molecule has 1 aliphatic rings. The second-order valence-electron chi connectivity index (χ2n) is 5.20. The molecule has 6 heteroatoms. The van der Waals surface area contributed by atoms with E-state index in [4.69, 9.17) is 0 Å². The third kappa shape index (κ3) is 2.76. The highest BCUT2D eigenvalue weighted by Gasteiger charge is 2.40. The summed E-state index contributed by atoms with van der Waals surface area (Å²) in [6, 6.07) is 6.64. The Morgan fingerprint density at radius 1 is 1.48 bits per heavy atom. The van der Waals surface area contributed by atoms with E-state index in [-0.39, 0.29) is 23.7 Å². The van der Waals surface area contributed by atoms with E-state index in [0.717, 1.165) is 22.7 Å². The van der Waals surface area contributed by atoms with Gasteiger partial charge in [-0.15, -0.1) is 0 Å². The predicted octanol–water partition coefficient (Wildman–Crippen LogP) is 2.92. The van der Waals surface area contributed by atoms with E-state index < -0.39 is 0 Å². The molecule has 1 saturated carbocycles. The van der Waals surface area contributed by atoms with Gasteiger partial charge in [-0.1, -0.05) is 12.1 Å². The summed E-state index contributed by atoms with van der Waals surface area (Å²) in [4.78, 5) is 12.3. The number of carbonyl (C=O) groups excluding carboxylic acids is 1. The number of anilines is 1. The Hall–Kier alpha value is -1.95. The summed E-state index contributed by atoms with van der Waals surface area (Å²) in [7, 11) is 1.77. The quantitative estimate of drug-likeness (QED) is 0.913. The van der Waals surface area contributed by atoms with Gasteiger partial charge < -0.3 is 10.6 Å². The van der Waals surface area contributed by atoms with Crippen LogP contribution in [0.25, 0.3) is 0 Å². The molecule has 1 aromatic heterocycles. The zero-order chi connectivity index (χ0) is 15.0. The molecule has 2 N–H and O–H groups in total. The molecule has 1 aromatic carbocycles. The first-order chi connectivity index (χ1) is 10.1. The maximum Gasteiger partial charge on any atom is 0.256 e. The van der Waals surface area contributed by atoms with Crippen LogP contribution in [0.4, 0.5) is 9.39 Å². The number of benzene rings is 1. The normalized spacial score (nSPS) is 20.1. The molecule has 4 nitrogen and oxygen atoms in total.